The summed E-state index contributed by atoms with van der Waals surface area (Å²) in [4.78, 5) is 28.3. The van der Waals surface area contributed by atoms with E-state index >= 15 is 0 Å². The Hall–Kier alpha value is -0.910. The average molecular weight is 300 g/mol. The van der Waals surface area contributed by atoms with Crippen molar-refractivity contribution in [2.45, 2.75) is 45.3 Å². The van der Waals surface area contributed by atoms with Gasteiger partial charge in [0.15, 0.2) is 0 Å². The van der Waals surface area contributed by atoms with E-state index in [0.717, 1.165) is 31.7 Å². The second-order valence-electron chi connectivity index (χ2n) is 6.30. The number of amides is 2. The first-order valence-electron chi connectivity index (χ1n) is 7.24. The molecule has 0 aromatic rings. The van der Waals surface area contributed by atoms with E-state index in [-0.39, 0.29) is 18.0 Å². The molecule has 0 radical (unpaired) electrons. The summed E-state index contributed by atoms with van der Waals surface area (Å²) in [6.45, 7) is 7.77. The normalized spacial score (nSPS) is 23.9. The van der Waals surface area contributed by atoms with Crippen molar-refractivity contribution in [3.8, 4) is 0 Å². The lowest BCUT2D eigenvalue weighted by molar-refractivity contribution is -0.135. The molecule has 2 amide bonds. The molecule has 114 valence electrons. The van der Waals surface area contributed by atoms with Crippen LogP contribution in [0, 0.1) is 0 Å². The second kappa shape index (κ2) is 6.24. The van der Waals surface area contributed by atoms with Crippen LogP contribution in [0.2, 0.25) is 0 Å². The Morgan fingerprint density at radius 3 is 2.40 bits per heavy atom. The van der Waals surface area contributed by atoms with E-state index in [0.29, 0.717) is 12.3 Å². The van der Waals surface area contributed by atoms with Crippen LogP contribution in [0.25, 0.3) is 0 Å². The number of carbonyl (C=O) groups is 2. The first-order valence-corrected chi connectivity index (χ1v) is 8.40. The van der Waals surface area contributed by atoms with Crippen LogP contribution < -0.4 is 0 Å². The Balaban J connectivity index is 2.04. The summed E-state index contributed by atoms with van der Waals surface area (Å²) in [6.07, 6.45) is 1.77. The zero-order chi connectivity index (χ0) is 14.8. The van der Waals surface area contributed by atoms with Gasteiger partial charge in [0, 0.05) is 31.1 Å². The maximum atomic E-state index is 12.5. The summed E-state index contributed by atoms with van der Waals surface area (Å²) in [5.41, 5.74) is -0.525. The van der Waals surface area contributed by atoms with E-state index in [1.807, 2.05) is 25.7 Å². The Kier molecular flexibility index (Phi) is 4.83. The fraction of sp³-hybridized carbons (Fsp3) is 0.857. The van der Waals surface area contributed by atoms with Gasteiger partial charge in [-0.15, -0.1) is 0 Å². The molecule has 1 unspecified atom stereocenters. The van der Waals surface area contributed by atoms with Gasteiger partial charge in [0.1, 0.15) is 11.6 Å². The van der Waals surface area contributed by atoms with E-state index in [4.69, 9.17) is 4.74 Å². The van der Waals surface area contributed by atoms with Crippen LogP contribution in [-0.4, -0.2) is 64.6 Å². The third-order valence-corrected chi connectivity index (χ3v) is 4.48. The molecule has 1 atom stereocenters. The van der Waals surface area contributed by atoms with Gasteiger partial charge in [0.25, 0.3) is 0 Å². The third-order valence-electron chi connectivity index (χ3n) is 3.46. The van der Waals surface area contributed by atoms with Gasteiger partial charge in [-0.05, 0) is 33.6 Å². The maximum Gasteiger partial charge on any atom is 0.411 e. The summed E-state index contributed by atoms with van der Waals surface area (Å²) in [5.74, 6) is 1.62. The van der Waals surface area contributed by atoms with Gasteiger partial charge >= 0.3 is 6.09 Å². The highest BCUT2D eigenvalue weighted by Crippen LogP contribution is 2.22. The molecule has 2 saturated heterocycles. The van der Waals surface area contributed by atoms with E-state index in [1.54, 1.807) is 16.7 Å². The molecule has 0 N–H and O–H groups in total. The molecule has 0 spiro atoms. The molecule has 6 heteroatoms. The van der Waals surface area contributed by atoms with Gasteiger partial charge < -0.3 is 9.64 Å². The number of hydrogen-bond acceptors (Lipinski definition) is 4. The van der Waals surface area contributed by atoms with Crippen molar-refractivity contribution in [3.05, 3.63) is 0 Å². The minimum absolute atomic E-state index is 0.0839. The summed E-state index contributed by atoms with van der Waals surface area (Å²) in [6, 6.07) is -0.360. The summed E-state index contributed by atoms with van der Waals surface area (Å²) in [7, 11) is 0. The van der Waals surface area contributed by atoms with Crippen molar-refractivity contribution in [1.82, 2.24) is 9.80 Å². The van der Waals surface area contributed by atoms with Gasteiger partial charge in [-0.2, -0.15) is 11.8 Å². The molecular formula is C14H24N2O3S. The Morgan fingerprint density at radius 2 is 1.80 bits per heavy atom. The quantitative estimate of drug-likeness (QED) is 0.743. The third kappa shape index (κ3) is 3.81. The van der Waals surface area contributed by atoms with Crippen molar-refractivity contribution >= 4 is 23.8 Å². The van der Waals surface area contributed by atoms with Crippen molar-refractivity contribution in [1.29, 1.82) is 0 Å². The van der Waals surface area contributed by atoms with Gasteiger partial charge in [-0.1, -0.05) is 0 Å². The summed E-state index contributed by atoms with van der Waals surface area (Å²) in [5, 5.41) is 0. The van der Waals surface area contributed by atoms with Gasteiger partial charge in [-0.3, -0.25) is 9.69 Å². The number of nitrogens with zero attached hydrogens (tertiary/aromatic N) is 2. The first-order chi connectivity index (χ1) is 9.38. The highest BCUT2D eigenvalue weighted by molar-refractivity contribution is 7.99. The molecule has 5 nitrogen and oxygen atoms in total. The van der Waals surface area contributed by atoms with Crippen LogP contribution in [0.1, 0.15) is 33.6 Å². The van der Waals surface area contributed by atoms with E-state index in [1.165, 1.54) is 0 Å². The Bertz CT molecular complexity index is 375. The number of carbonyl (C=O) groups excluding carboxylic acids is 2. The molecule has 2 rings (SSSR count). The van der Waals surface area contributed by atoms with Crippen molar-refractivity contribution in [2.24, 2.45) is 0 Å². The van der Waals surface area contributed by atoms with Crippen LogP contribution in [0.15, 0.2) is 0 Å². The molecule has 2 heterocycles. The average Bonchev–Trinajstić information content (AvgIpc) is 2.89. The van der Waals surface area contributed by atoms with Crippen molar-refractivity contribution < 1.29 is 14.3 Å². The molecule has 2 aliphatic heterocycles. The zero-order valence-corrected chi connectivity index (χ0v) is 13.4. The lowest BCUT2D eigenvalue weighted by Gasteiger charge is -2.37. The smallest absolute Gasteiger partial charge is 0.411 e. The lowest BCUT2D eigenvalue weighted by atomic mass is 10.2. The van der Waals surface area contributed by atoms with E-state index < -0.39 is 5.60 Å². The number of likely N-dealkylation sites (tertiary alicyclic amines) is 1. The molecule has 0 aromatic heterocycles. The fourth-order valence-electron chi connectivity index (χ4n) is 2.50. The predicted molar refractivity (Wildman–Crippen MR) is 79.9 cm³/mol. The largest absolute Gasteiger partial charge is 0.444 e. The standard InChI is InChI=1S/C14H24N2O3S/c1-14(2,3)19-13(18)16-8-9-20-10-11(16)12(17)15-6-4-5-7-15/h11H,4-10H2,1-3H3. The number of hydrogen-bond donors (Lipinski definition) is 0. The monoisotopic (exact) mass is 300 g/mol. The minimum atomic E-state index is -0.525. The number of rotatable bonds is 1. The molecular weight excluding hydrogens is 276 g/mol. The van der Waals surface area contributed by atoms with Crippen LogP contribution in [0.3, 0.4) is 0 Å². The fourth-order valence-corrected chi connectivity index (χ4v) is 3.53. The van der Waals surface area contributed by atoms with Crippen molar-refractivity contribution in [3.63, 3.8) is 0 Å². The second-order valence-corrected chi connectivity index (χ2v) is 7.45. The van der Waals surface area contributed by atoms with Crippen LogP contribution >= 0.6 is 11.8 Å². The number of thioether (sulfide) groups is 1. The maximum absolute atomic E-state index is 12.5. The lowest BCUT2D eigenvalue weighted by Crippen LogP contribution is -2.55. The molecule has 0 aliphatic carbocycles. The highest BCUT2D eigenvalue weighted by atomic mass is 32.2. The minimum Gasteiger partial charge on any atom is -0.444 e. The molecule has 0 bridgehead atoms. The van der Waals surface area contributed by atoms with Crippen LogP contribution in [0.5, 0.6) is 0 Å². The van der Waals surface area contributed by atoms with E-state index in [9.17, 15) is 9.59 Å². The van der Waals surface area contributed by atoms with Gasteiger partial charge in [0.05, 0.1) is 0 Å². The molecule has 2 aliphatic rings. The van der Waals surface area contributed by atoms with Crippen LogP contribution in [-0.2, 0) is 9.53 Å². The van der Waals surface area contributed by atoms with Crippen molar-refractivity contribution in [2.75, 3.05) is 31.1 Å². The topological polar surface area (TPSA) is 49.9 Å². The summed E-state index contributed by atoms with van der Waals surface area (Å²) < 4.78 is 5.43. The first kappa shape index (κ1) is 15.5. The Morgan fingerprint density at radius 1 is 1.15 bits per heavy atom. The highest BCUT2D eigenvalue weighted by Gasteiger charge is 2.37. The zero-order valence-electron chi connectivity index (χ0n) is 12.6. The van der Waals surface area contributed by atoms with Gasteiger partial charge in [-0.25, -0.2) is 4.79 Å². The predicted octanol–water partition coefficient (Wildman–Crippen LogP) is 1.96. The number of ether oxygens (including phenoxy) is 1. The molecule has 0 aromatic carbocycles. The molecule has 20 heavy (non-hydrogen) atoms. The Labute approximate surface area is 125 Å². The van der Waals surface area contributed by atoms with Crippen LogP contribution in [0.4, 0.5) is 4.79 Å². The van der Waals surface area contributed by atoms with E-state index in [2.05, 4.69) is 0 Å². The molecule has 0 saturated carbocycles. The SMILES string of the molecule is CC(C)(C)OC(=O)N1CCSCC1C(=O)N1CCCC1. The summed E-state index contributed by atoms with van der Waals surface area (Å²) >= 11 is 1.73. The van der Waals surface area contributed by atoms with Gasteiger partial charge in [0.2, 0.25) is 5.91 Å². The molecule has 2 fully saturated rings.